The first kappa shape index (κ1) is 10.0. The molecule has 1 aliphatic heterocycles. The number of ether oxygens (including phenoxy) is 1. The number of unbranched alkanes of at least 4 members (excludes halogenated alkanes) is 1. The number of carbonyl (C=O) groups excluding carboxylic acids is 1. The summed E-state index contributed by atoms with van der Waals surface area (Å²) in [6.45, 7) is 7.70. The number of hydrogen-bond acceptors (Lipinski definition) is 2. The van der Waals surface area contributed by atoms with E-state index in [2.05, 4.69) is 13.5 Å². The van der Waals surface area contributed by atoms with Gasteiger partial charge in [-0.1, -0.05) is 25.5 Å². The predicted octanol–water partition coefficient (Wildman–Crippen LogP) is 2.46. The van der Waals surface area contributed by atoms with Gasteiger partial charge in [0.1, 0.15) is 6.10 Å². The molecule has 0 N–H and O–H groups in total. The maximum absolute atomic E-state index is 11.3. The molecule has 1 fully saturated rings. The fourth-order valence-corrected chi connectivity index (χ4v) is 1.54. The smallest absolute Gasteiger partial charge is 0.334 e. The summed E-state index contributed by atoms with van der Waals surface area (Å²) in [7, 11) is 0. The summed E-state index contributed by atoms with van der Waals surface area (Å²) in [5.41, 5.74) is 0.782. The Morgan fingerprint density at radius 3 is 2.85 bits per heavy atom. The van der Waals surface area contributed by atoms with Crippen molar-refractivity contribution in [2.75, 3.05) is 0 Å². The molecule has 2 atom stereocenters. The molecule has 0 aromatic heterocycles. The van der Waals surface area contributed by atoms with E-state index in [0.29, 0.717) is 0 Å². The quantitative estimate of drug-likeness (QED) is 0.379. The van der Waals surface area contributed by atoms with Gasteiger partial charge < -0.3 is 4.74 Å². The first-order valence-corrected chi connectivity index (χ1v) is 4.74. The van der Waals surface area contributed by atoms with E-state index in [0.717, 1.165) is 18.4 Å². The molecule has 0 aromatic carbocycles. The summed E-state index contributed by atoms with van der Waals surface area (Å²) in [5.74, 6) is -0.0927. The van der Waals surface area contributed by atoms with Gasteiger partial charge in [0.15, 0.2) is 0 Å². The third-order valence-electron chi connectivity index (χ3n) is 2.30. The molecule has 13 heavy (non-hydrogen) atoms. The molecule has 1 heterocycles. The zero-order valence-corrected chi connectivity index (χ0v) is 8.25. The molecule has 2 heteroatoms. The maximum atomic E-state index is 11.3. The lowest BCUT2D eigenvalue weighted by Gasteiger charge is -2.06. The van der Waals surface area contributed by atoms with E-state index in [1.807, 2.05) is 13.0 Å². The molecule has 0 spiro atoms. The highest BCUT2D eigenvalue weighted by Crippen LogP contribution is 2.28. The maximum Gasteiger partial charge on any atom is 0.334 e. The SMILES string of the molecule is C=C[C@@H]1/C(=C/CCC)C(=O)O[C@H]1C. The second-order valence-corrected chi connectivity index (χ2v) is 3.32. The Kier molecular flexibility index (Phi) is 3.29. The van der Waals surface area contributed by atoms with Gasteiger partial charge in [0.25, 0.3) is 0 Å². The van der Waals surface area contributed by atoms with E-state index < -0.39 is 0 Å². The van der Waals surface area contributed by atoms with E-state index in [4.69, 9.17) is 4.74 Å². The lowest BCUT2D eigenvalue weighted by molar-refractivity contribution is -0.138. The first-order chi connectivity index (χ1) is 6.20. The summed E-state index contributed by atoms with van der Waals surface area (Å²) in [4.78, 5) is 11.3. The third-order valence-corrected chi connectivity index (χ3v) is 2.30. The van der Waals surface area contributed by atoms with Crippen LogP contribution in [-0.2, 0) is 9.53 Å². The highest BCUT2D eigenvalue weighted by molar-refractivity contribution is 5.91. The molecular formula is C11H16O2. The van der Waals surface area contributed by atoms with Gasteiger partial charge in [0.2, 0.25) is 0 Å². The van der Waals surface area contributed by atoms with Crippen molar-refractivity contribution < 1.29 is 9.53 Å². The van der Waals surface area contributed by atoms with E-state index in [1.54, 1.807) is 6.08 Å². The Morgan fingerprint density at radius 2 is 2.31 bits per heavy atom. The molecule has 0 aromatic rings. The predicted molar refractivity (Wildman–Crippen MR) is 52.2 cm³/mol. The molecule has 0 saturated carbocycles. The fourth-order valence-electron chi connectivity index (χ4n) is 1.54. The highest BCUT2D eigenvalue weighted by atomic mass is 16.5. The molecule has 0 amide bonds. The minimum absolute atomic E-state index is 0.0480. The van der Waals surface area contributed by atoms with Gasteiger partial charge in [0.05, 0.1) is 0 Å². The van der Waals surface area contributed by atoms with Crippen molar-refractivity contribution in [3.8, 4) is 0 Å². The average molecular weight is 180 g/mol. The number of esters is 1. The Hall–Kier alpha value is -1.05. The second-order valence-electron chi connectivity index (χ2n) is 3.32. The van der Waals surface area contributed by atoms with Crippen LogP contribution in [0.1, 0.15) is 26.7 Å². The fraction of sp³-hybridized carbons (Fsp3) is 0.545. The third kappa shape index (κ3) is 2.00. The van der Waals surface area contributed by atoms with Crippen molar-refractivity contribution in [2.24, 2.45) is 5.92 Å². The van der Waals surface area contributed by atoms with Gasteiger partial charge in [-0.2, -0.15) is 0 Å². The average Bonchev–Trinajstić information content (AvgIpc) is 2.37. The van der Waals surface area contributed by atoms with Crippen molar-refractivity contribution in [1.29, 1.82) is 0 Å². The molecule has 1 rings (SSSR count). The van der Waals surface area contributed by atoms with E-state index in [1.165, 1.54) is 0 Å². The van der Waals surface area contributed by atoms with Crippen molar-refractivity contribution in [2.45, 2.75) is 32.8 Å². The molecule has 72 valence electrons. The monoisotopic (exact) mass is 180 g/mol. The van der Waals surface area contributed by atoms with Gasteiger partial charge in [-0.25, -0.2) is 4.79 Å². The number of rotatable bonds is 3. The van der Waals surface area contributed by atoms with Crippen LogP contribution in [-0.4, -0.2) is 12.1 Å². The zero-order chi connectivity index (χ0) is 9.84. The van der Waals surface area contributed by atoms with Crippen LogP contribution >= 0.6 is 0 Å². The summed E-state index contributed by atoms with van der Waals surface area (Å²) in [5, 5.41) is 0. The van der Waals surface area contributed by atoms with E-state index in [9.17, 15) is 4.79 Å². The molecule has 0 unspecified atom stereocenters. The molecule has 0 bridgehead atoms. The van der Waals surface area contributed by atoms with E-state index >= 15 is 0 Å². The van der Waals surface area contributed by atoms with Gasteiger partial charge in [-0.3, -0.25) is 0 Å². The van der Waals surface area contributed by atoms with Crippen LogP contribution < -0.4 is 0 Å². The van der Waals surface area contributed by atoms with Crippen LogP contribution in [0.4, 0.5) is 0 Å². The van der Waals surface area contributed by atoms with Crippen molar-refractivity contribution in [3.05, 3.63) is 24.3 Å². The Balaban J connectivity index is 2.80. The number of cyclic esters (lactones) is 1. The summed E-state index contributed by atoms with van der Waals surface area (Å²) >= 11 is 0. The molecule has 0 radical (unpaired) electrons. The van der Waals surface area contributed by atoms with Gasteiger partial charge in [-0.05, 0) is 13.3 Å². The number of allylic oxidation sites excluding steroid dienone is 1. The normalized spacial score (nSPS) is 30.6. The lowest BCUT2D eigenvalue weighted by Crippen LogP contribution is -2.08. The van der Waals surface area contributed by atoms with Crippen molar-refractivity contribution in [1.82, 2.24) is 0 Å². The van der Waals surface area contributed by atoms with E-state index in [-0.39, 0.29) is 18.0 Å². The minimum Gasteiger partial charge on any atom is -0.458 e. The van der Waals surface area contributed by atoms with Crippen LogP contribution in [0.25, 0.3) is 0 Å². The minimum atomic E-state index is -0.175. The Bertz CT molecular complexity index is 240. The summed E-state index contributed by atoms with van der Waals surface area (Å²) in [6, 6.07) is 0. The highest BCUT2D eigenvalue weighted by Gasteiger charge is 2.34. The molecule has 0 aliphatic carbocycles. The van der Waals surface area contributed by atoms with Crippen LogP contribution in [0, 0.1) is 5.92 Å². The summed E-state index contributed by atoms with van der Waals surface area (Å²) in [6.07, 6.45) is 5.69. The topological polar surface area (TPSA) is 26.3 Å². The van der Waals surface area contributed by atoms with Gasteiger partial charge in [-0.15, -0.1) is 6.58 Å². The zero-order valence-electron chi connectivity index (χ0n) is 8.25. The van der Waals surface area contributed by atoms with Gasteiger partial charge in [0, 0.05) is 11.5 Å². The van der Waals surface area contributed by atoms with Crippen LogP contribution in [0.5, 0.6) is 0 Å². The van der Waals surface area contributed by atoms with Crippen LogP contribution in [0.3, 0.4) is 0 Å². The molecule has 1 saturated heterocycles. The van der Waals surface area contributed by atoms with Crippen LogP contribution in [0.15, 0.2) is 24.3 Å². The largest absolute Gasteiger partial charge is 0.458 e. The Labute approximate surface area is 79.3 Å². The van der Waals surface area contributed by atoms with Gasteiger partial charge >= 0.3 is 5.97 Å². The Morgan fingerprint density at radius 1 is 1.62 bits per heavy atom. The summed E-state index contributed by atoms with van der Waals surface area (Å²) < 4.78 is 5.10. The molecular weight excluding hydrogens is 164 g/mol. The molecule has 2 nitrogen and oxygen atoms in total. The van der Waals surface area contributed by atoms with Crippen LogP contribution in [0.2, 0.25) is 0 Å². The van der Waals surface area contributed by atoms with Crippen molar-refractivity contribution >= 4 is 5.97 Å². The standard InChI is InChI=1S/C11H16O2/c1-4-6-7-10-9(5-2)8(3)13-11(10)12/h5,7-9H,2,4,6H2,1,3H3/b10-7-/t8-,9-/m0/s1. The number of hydrogen-bond donors (Lipinski definition) is 0. The molecule has 1 aliphatic rings. The second kappa shape index (κ2) is 4.26. The van der Waals surface area contributed by atoms with Crippen molar-refractivity contribution in [3.63, 3.8) is 0 Å². The number of carbonyl (C=O) groups is 1. The first-order valence-electron chi connectivity index (χ1n) is 4.74. The lowest BCUT2D eigenvalue weighted by atomic mass is 9.96.